The van der Waals surface area contributed by atoms with E-state index in [4.69, 9.17) is 0 Å². The van der Waals surface area contributed by atoms with Crippen LogP contribution in [0.4, 0.5) is 0 Å². The maximum Gasteiger partial charge on any atom is 0.0309 e. The highest BCUT2D eigenvalue weighted by atomic mass is 15.3. The monoisotopic (exact) mass is 280 g/mol. The highest BCUT2D eigenvalue weighted by Gasteiger charge is 2.44. The van der Waals surface area contributed by atoms with Crippen molar-refractivity contribution in [1.29, 1.82) is 0 Å². The van der Waals surface area contributed by atoms with Gasteiger partial charge in [0, 0.05) is 30.7 Å². The molecule has 0 aromatic carbocycles. The number of nitrogens with zero attached hydrogens (tertiary/aromatic N) is 1. The first-order chi connectivity index (χ1) is 9.53. The van der Waals surface area contributed by atoms with Crippen molar-refractivity contribution in [3.05, 3.63) is 0 Å². The molecule has 2 atom stereocenters. The fourth-order valence-corrected chi connectivity index (χ4v) is 4.26. The third kappa shape index (κ3) is 3.57. The smallest absolute Gasteiger partial charge is 0.0309 e. The molecule has 2 rings (SSSR count). The van der Waals surface area contributed by atoms with E-state index in [0.29, 0.717) is 11.1 Å². The third-order valence-corrected chi connectivity index (χ3v) is 5.99. The summed E-state index contributed by atoms with van der Waals surface area (Å²) in [6.07, 6.45) is 11.0. The first kappa shape index (κ1) is 16.3. The molecule has 1 aliphatic heterocycles. The Bertz CT molecular complexity index is 296. The lowest BCUT2D eigenvalue weighted by Gasteiger charge is -2.55. The van der Waals surface area contributed by atoms with Crippen molar-refractivity contribution >= 4 is 0 Å². The van der Waals surface area contributed by atoms with Gasteiger partial charge in [-0.15, -0.1) is 0 Å². The molecule has 0 aromatic rings. The Morgan fingerprint density at radius 2 is 1.85 bits per heavy atom. The zero-order chi connectivity index (χ0) is 14.6. The molecule has 118 valence electrons. The average Bonchev–Trinajstić information content (AvgIpc) is 2.45. The number of nitrogens with one attached hydrogen (secondary N) is 1. The summed E-state index contributed by atoms with van der Waals surface area (Å²) < 4.78 is 0. The number of piperazine rings is 1. The molecule has 1 saturated carbocycles. The number of rotatable bonds is 5. The van der Waals surface area contributed by atoms with Crippen LogP contribution < -0.4 is 5.32 Å². The predicted octanol–water partition coefficient (Wildman–Crippen LogP) is 4.20. The molecule has 1 N–H and O–H groups in total. The van der Waals surface area contributed by atoms with Gasteiger partial charge in [-0.2, -0.15) is 0 Å². The first-order valence-corrected chi connectivity index (χ1v) is 9.04. The fourth-order valence-electron chi connectivity index (χ4n) is 4.26. The molecule has 0 radical (unpaired) electrons. The largest absolute Gasteiger partial charge is 0.308 e. The van der Waals surface area contributed by atoms with Gasteiger partial charge in [0.2, 0.25) is 0 Å². The van der Waals surface area contributed by atoms with Crippen molar-refractivity contribution in [1.82, 2.24) is 10.2 Å². The van der Waals surface area contributed by atoms with Crippen LogP contribution in [0.2, 0.25) is 0 Å². The molecule has 0 aromatic heterocycles. The van der Waals surface area contributed by atoms with Crippen LogP contribution in [0, 0.1) is 5.92 Å². The molecule has 0 amide bonds. The van der Waals surface area contributed by atoms with Crippen molar-refractivity contribution in [2.75, 3.05) is 19.6 Å². The Hall–Kier alpha value is -0.0800. The minimum atomic E-state index is 0.366. The Morgan fingerprint density at radius 3 is 2.45 bits per heavy atom. The summed E-state index contributed by atoms with van der Waals surface area (Å²) in [5.41, 5.74) is 0.809. The van der Waals surface area contributed by atoms with E-state index in [-0.39, 0.29) is 0 Å². The van der Waals surface area contributed by atoms with E-state index in [1.54, 1.807) is 0 Å². The maximum atomic E-state index is 3.97. The molecule has 20 heavy (non-hydrogen) atoms. The summed E-state index contributed by atoms with van der Waals surface area (Å²) in [4.78, 5) is 2.84. The van der Waals surface area contributed by atoms with Crippen LogP contribution in [0.25, 0.3) is 0 Å². The second-order valence-corrected chi connectivity index (χ2v) is 7.82. The standard InChI is InChI=1S/C18H36N2/c1-5-10-16(3)13-20-15-18(11-8-7-9-12-18)19-14-17(20,4)6-2/h16,19H,5-15H2,1-4H3. The van der Waals surface area contributed by atoms with Crippen molar-refractivity contribution < 1.29 is 0 Å². The summed E-state index contributed by atoms with van der Waals surface area (Å²) in [6, 6.07) is 0. The molecule has 2 unspecified atom stereocenters. The molecule has 2 aliphatic rings. The van der Waals surface area contributed by atoms with Crippen molar-refractivity contribution in [2.45, 2.75) is 90.1 Å². The van der Waals surface area contributed by atoms with Crippen molar-refractivity contribution in [3.63, 3.8) is 0 Å². The quantitative estimate of drug-likeness (QED) is 0.812. The van der Waals surface area contributed by atoms with E-state index in [0.717, 1.165) is 5.92 Å². The lowest BCUT2D eigenvalue weighted by Crippen LogP contribution is -2.69. The molecule has 0 bridgehead atoms. The molecular formula is C18H36N2. The van der Waals surface area contributed by atoms with Crippen LogP contribution in [0.5, 0.6) is 0 Å². The highest BCUT2D eigenvalue weighted by molar-refractivity contribution is 5.04. The van der Waals surface area contributed by atoms with Gasteiger partial charge in [-0.05, 0) is 38.5 Å². The van der Waals surface area contributed by atoms with E-state index >= 15 is 0 Å². The summed E-state index contributed by atoms with van der Waals surface area (Å²) in [5, 5.41) is 3.97. The Balaban J connectivity index is 2.05. The minimum absolute atomic E-state index is 0.366. The Labute approximate surface area is 126 Å². The van der Waals surface area contributed by atoms with Crippen molar-refractivity contribution in [3.8, 4) is 0 Å². The SMILES string of the molecule is CCCC(C)CN1CC2(CCCCC2)NCC1(C)CC. The van der Waals surface area contributed by atoms with Gasteiger partial charge >= 0.3 is 0 Å². The Morgan fingerprint density at radius 1 is 1.15 bits per heavy atom. The predicted molar refractivity (Wildman–Crippen MR) is 88.2 cm³/mol. The summed E-state index contributed by atoms with van der Waals surface area (Å²) in [6.45, 7) is 13.3. The van der Waals surface area contributed by atoms with Gasteiger partial charge in [0.25, 0.3) is 0 Å². The summed E-state index contributed by atoms with van der Waals surface area (Å²) >= 11 is 0. The van der Waals surface area contributed by atoms with Crippen LogP contribution in [-0.2, 0) is 0 Å². The normalized spacial score (nSPS) is 32.4. The third-order valence-electron chi connectivity index (χ3n) is 5.99. The molecule has 2 nitrogen and oxygen atoms in total. The molecule has 1 saturated heterocycles. The van der Waals surface area contributed by atoms with Gasteiger partial charge in [0.15, 0.2) is 0 Å². The van der Waals surface area contributed by atoms with Crippen LogP contribution in [0.3, 0.4) is 0 Å². The van der Waals surface area contributed by atoms with Crippen molar-refractivity contribution in [2.24, 2.45) is 5.92 Å². The van der Waals surface area contributed by atoms with Gasteiger partial charge < -0.3 is 5.32 Å². The second-order valence-electron chi connectivity index (χ2n) is 7.82. The van der Waals surface area contributed by atoms with E-state index in [9.17, 15) is 0 Å². The van der Waals surface area contributed by atoms with Gasteiger partial charge in [-0.3, -0.25) is 4.90 Å². The van der Waals surface area contributed by atoms with Gasteiger partial charge in [-0.1, -0.05) is 46.5 Å². The van der Waals surface area contributed by atoms with E-state index in [1.165, 1.54) is 71.0 Å². The maximum absolute atomic E-state index is 3.97. The highest BCUT2D eigenvalue weighted by Crippen LogP contribution is 2.36. The van der Waals surface area contributed by atoms with Crippen LogP contribution in [0.15, 0.2) is 0 Å². The van der Waals surface area contributed by atoms with Crippen LogP contribution in [0.1, 0.15) is 79.1 Å². The minimum Gasteiger partial charge on any atom is -0.308 e. The number of hydrogen-bond acceptors (Lipinski definition) is 2. The molecule has 2 fully saturated rings. The topological polar surface area (TPSA) is 15.3 Å². The molecule has 1 spiro atoms. The van der Waals surface area contributed by atoms with E-state index in [2.05, 4.69) is 37.9 Å². The first-order valence-electron chi connectivity index (χ1n) is 9.04. The summed E-state index contributed by atoms with van der Waals surface area (Å²) in [7, 11) is 0. The van der Waals surface area contributed by atoms with Gasteiger partial charge in [0.05, 0.1) is 0 Å². The molecule has 1 heterocycles. The zero-order valence-electron chi connectivity index (χ0n) is 14.3. The number of hydrogen-bond donors (Lipinski definition) is 1. The summed E-state index contributed by atoms with van der Waals surface area (Å²) in [5.74, 6) is 0.838. The lowest BCUT2D eigenvalue weighted by atomic mass is 9.76. The van der Waals surface area contributed by atoms with E-state index < -0.39 is 0 Å². The lowest BCUT2D eigenvalue weighted by molar-refractivity contribution is -0.0105. The molecule has 2 heteroatoms. The van der Waals surface area contributed by atoms with Crippen LogP contribution >= 0.6 is 0 Å². The molecule has 1 aliphatic carbocycles. The van der Waals surface area contributed by atoms with Crippen LogP contribution in [-0.4, -0.2) is 35.6 Å². The average molecular weight is 280 g/mol. The Kier molecular flexibility index (Phi) is 5.53. The zero-order valence-corrected chi connectivity index (χ0v) is 14.3. The second kappa shape index (κ2) is 6.79. The fraction of sp³-hybridized carbons (Fsp3) is 1.00. The van der Waals surface area contributed by atoms with E-state index in [1.807, 2.05) is 0 Å². The van der Waals surface area contributed by atoms with Gasteiger partial charge in [0.1, 0.15) is 0 Å². The molecular weight excluding hydrogens is 244 g/mol. The van der Waals surface area contributed by atoms with Gasteiger partial charge in [-0.25, -0.2) is 0 Å².